The van der Waals surface area contributed by atoms with E-state index >= 15 is 0 Å². The molecular weight excluding hydrogens is 567 g/mol. The zero-order valence-electron chi connectivity index (χ0n) is 24.3. The number of hydrogen-bond acceptors (Lipinski definition) is 12. The minimum Gasteiger partial charge on any atom is -0.465 e. The molecule has 11 nitrogen and oxygen atoms in total. The molecule has 0 aromatic carbocycles. The quantitative estimate of drug-likeness (QED) is 0.0372. The molecule has 0 saturated carbocycles. The van der Waals surface area contributed by atoms with Gasteiger partial charge in [0.2, 0.25) is 0 Å². The summed E-state index contributed by atoms with van der Waals surface area (Å²) in [5.74, 6) is -0.196. The summed E-state index contributed by atoms with van der Waals surface area (Å²) in [4.78, 5) is 36.5. The molecule has 0 radical (unpaired) electrons. The molecule has 0 aromatic rings. The van der Waals surface area contributed by atoms with Gasteiger partial charge in [0.1, 0.15) is 19.8 Å². The molecule has 1 atom stereocenters. The van der Waals surface area contributed by atoms with Crippen molar-refractivity contribution >= 4 is 45.8 Å². The van der Waals surface area contributed by atoms with Crippen LogP contribution < -0.4 is 0 Å². The highest BCUT2D eigenvalue weighted by atomic mass is 32.2. The highest BCUT2D eigenvalue weighted by Crippen LogP contribution is 2.48. The van der Waals surface area contributed by atoms with Crippen LogP contribution >= 0.6 is 19.4 Å². The third kappa shape index (κ3) is 16.6. The van der Waals surface area contributed by atoms with Crippen molar-refractivity contribution in [1.82, 2.24) is 0 Å². The Bertz CT molecular complexity index is 784. The average molecular weight is 615 g/mol. The summed E-state index contributed by atoms with van der Waals surface area (Å²) in [6, 6.07) is 0.868. The van der Waals surface area contributed by atoms with Gasteiger partial charge in [0.05, 0.1) is 37.6 Å². The number of rotatable bonds is 24. The van der Waals surface area contributed by atoms with Crippen molar-refractivity contribution in [3.05, 3.63) is 12.7 Å². The zero-order chi connectivity index (χ0) is 29.8. The van der Waals surface area contributed by atoms with Gasteiger partial charge in [-0.2, -0.15) is 11.8 Å². The molecule has 14 heteroatoms. The Balaban J connectivity index is 4.86. The van der Waals surface area contributed by atoms with Gasteiger partial charge in [-0.1, -0.05) is 13.5 Å². The van der Waals surface area contributed by atoms with E-state index in [9.17, 15) is 18.9 Å². The molecule has 0 aromatic heterocycles. The van der Waals surface area contributed by atoms with E-state index in [1.807, 2.05) is 13.5 Å². The third-order valence-corrected chi connectivity index (χ3v) is 12.1. The monoisotopic (exact) mass is 614 g/mol. The Morgan fingerprint density at radius 2 is 1.44 bits per heavy atom. The van der Waals surface area contributed by atoms with Gasteiger partial charge in [0.15, 0.2) is 0 Å². The van der Waals surface area contributed by atoms with Crippen LogP contribution in [0.3, 0.4) is 0 Å². The number of ether oxygens (including phenoxy) is 3. The fraction of sp³-hybridized carbons (Fsp3) is 0.800. The molecule has 0 amide bonds. The zero-order valence-corrected chi connectivity index (χ0v) is 27.0. The Morgan fingerprint density at radius 3 is 1.92 bits per heavy atom. The fourth-order valence-electron chi connectivity index (χ4n) is 3.15. The summed E-state index contributed by atoms with van der Waals surface area (Å²) in [5.41, 5.74) is -0.948. The smallest absolute Gasteiger partial charge is 0.334 e. The van der Waals surface area contributed by atoms with Crippen LogP contribution in [-0.4, -0.2) is 91.4 Å². The Kier molecular flexibility index (Phi) is 20.0. The van der Waals surface area contributed by atoms with Crippen LogP contribution in [0.15, 0.2) is 12.7 Å². The van der Waals surface area contributed by atoms with Gasteiger partial charge < -0.3 is 32.1 Å². The SMILES string of the molecule is C=CC(=O)OCC(CC)(COC(=O)CCSCCC[Si](C)(OC)OC)COC(=O)CCP(=O)(OCC)OCC. The van der Waals surface area contributed by atoms with Crippen LogP contribution in [0.25, 0.3) is 0 Å². The van der Waals surface area contributed by atoms with E-state index in [-0.39, 0.29) is 52.0 Å². The summed E-state index contributed by atoms with van der Waals surface area (Å²) in [5, 5.41) is 0. The molecule has 0 bridgehead atoms. The van der Waals surface area contributed by atoms with Gasteiger partial charge in [0.25, 0.3) is 0 Å². The lowest BCUT2D eigenvalue weighted by Crippen LogP contribution is -2.39. The van der Waals surface area contributed by atoms with E-state index in [0.717, 1.165) is 24.3 Å². The Hall–Kier alpha value is -1.21. The van der Waals surface area contributed by atoms with Crippen molar-refractivity contribution in [1.29, 1.82) is 0 Å². The van der Waals surface area contributed by atoms with Crippen LogP contribution in [0.5, 0.6) is 0 Å². The lowest BCUT2D eigenvalue weighted by molar-refractivity contribution is -0.160. The molecule has 0 rings (SSSR count). The molecule has 0 N–H and O–H groups in total. The number of carbonyl (C=O) groups is 3. The van der Waals surface area contributed by atoms with E-state index in [1.54, 1.807) is 39.8 Å². The van der Waals surface area contributed by atoms with Crippen LogP contribution in [0.4, 0.5) is 0 Å². The van der Waals surface area contributed by atoms with Gasteiger partial charge in [0, 0.05) is 26.0 Å². The van der Waals surface area contributed by atoms with Crippen molar-refractivity contribution in [3.63, 3.8) is 0 Å². The van der Waals surface area contributed by atoms with Crippen molar-refractivity contribution in [3.8, 4) is 0 Å². The molecule has 0 aliphatic carbocycles. The number of carbonyl (C=O) groups excluding carboxylic acids is 3. The van der Waals surface area contributed by atoms with E-state index in [1.165, 1.54) is 0 Å². The highest BCUT2D eigenvalue weighted by Gasteiger charge is 2.34. The second-order valence-electron chi connectivity index (χ2n) is 8.91. The Morgan fingerprint density at radius 1 is 0.897 bits per heavy atom. The predicted octanol–water partition coefficient (Wildman–Crippen LogP) is 4.73. The minimum atomic E-state index is -3.39. The van der Waals surface area contributed by atoms with Crippen LogP contribution in [0.2, 0.25) is 12.6 Å². The number of hydrogen-bond donors (Lipinski definition) is 0. The van der Waals surface area contributed by atoms with Crippen molar-refractivity contribution in [2.45, 2.75) is 59.0 Å². The van der Waals surface area contributed by atoms with E-state index in [0.29, 0.717) is 12.2 Å². The molecule has 0 aliphatic heterocycles. The molecule has 0 fully saturated rings. The molecular formula is C25H47O11PSSi. The third-order valence-electron chi connectivity index (χ3n) is 5.99. The second kappa shape index (κ2) is 20.6. The van der Waals surface area contributed by atoms with Gasteiger partial charge in [-0.3, -0.25) is 14.2 Å². The first-order valence-electron chi connectivity index (χ1n) is 13.1. The summed E-state index contributed by atoms with van der Waals surface area (Å²) in [7, 11) is -2.15. The van der Waals surface area contributed by atoms with Gasteiger partial charge >= 0.3 is 34.1 Å². The number of esters is 3. The van der Waals surface area contributed by atoms with Crippen LogP contribution in [0.1, 0.15) is 46.5 Å². The average Bonchev–Trinajstić information content (AvgIpc) is 2.93. The second-order valence-corrected chi connectivity index (χ2v) is 15.9. The first-order valence-corrected chi connectivity index (χ1v) is 18.5. The number of thioether (sulfide) groups is 1. The van der Waals surface area contributed by atoms with Crippen LogP contribution in [0, 0.1) is 5.41 Å². The van der Waals surface area contributed by atoms with Crippen molar-refractivity contribution in [2.75, 3.05) is 64.9 Å². The van der Waals surface area contributed by atoms with E-state index in [4.69, 9.17) is 32.1 Å². The van der Waals surface area contributed by atoms with Gasteiger partial charge in [-0.05, 0) is 45.0 Å². The van der Waals surface area contributed by atoms with E-state index < -0.39 is 39.5 Å². The van der Waals surface area contributed by atoms with Gasteiger partial charge in [-0.25, -0.2) is 4.79 Å². The summed E-state index contributed by atoms with van der Waals surface area (Å²) < 4.78 is 50.1. The Labute approximate surface area is 238 Å². The normalized spacial score (nSPS) is 13.4. The molecule has 0 saturated heterocycles. The lowest BCUT2D eigenvalue weighted by atomic mass is 9.88. The predicted molar refractivity (Wildman–Crippen MR) is 153 cm³/mol. The summed E-state index contributed by atoms with van der Waals surface area (Å²) in [6.07, 6.45) is 2.25. The summed E-state index contributed by atoms with van der Waals surface area (Å²) in [6.45, 7) is 10.6. The van der Waals surface area contributed by atoms with Crippen molar-refractivity contribution in [2.24, 2.45) is 5.41 Å². The summed E-state index contributed by atoms with van der Waals surface area (Å²) >= 11 is 1.64. The maximum Gasteiger partial charge on any atom is 0.334 e. The fourth-order valence-corrected chi connectivity index (χ4v) is 7.24. The largest absolute Gasteiger partial charge is 0.465 e. The maximum atomic E-state index is 12.6. The topological polar surface area (TPSA) is 133 Å². The molecule has 228 valence electrons. The first-order chi connectivity index (χ1) is 18.5. The lowest BCUT2D eigenvalue weighted by Gasteiger charge is -2.31. The molecule has 39 heavy (non-hydrogen) atoms. The minimum absolute atomic E-state index is 0.104. The molecule has 0 aliphatic rings. The van der Waals surface area contributed by atoms with E-state index in [2.05, 4.69) is 6.58 Å². The molecule has 0 spiro atoms. The maximum absolute atomic E-state index is 12.6. The molecule has 1 unspecified atom stereocenters. The van der Waals surface area contributed by atoms with Crippen LogP contribution in [-0.2, 0) is 51.1 Å². The van der Waals surface area contributed by atoms with Crippen molar-refractivity contribution < 1.29 is 51.1 Å². The first kappa shape index (κ1) is 37.8. The standard InChI is InChI=1S/C25H47O11PSSi/c1-8-22(26)32-19-25(9-2,20-33-23(27)13-15-37(29,35-10-3)36-11-4)21-34-24(28)14-17-38-16-12-18-39(7,30-5)31-6/h8H,1,9-21H2,2-7H3. The highest BCUT2D eigenvalue weighted by molar-refractivity contribution is 7.99. The molecule has 0 heterocycles. The van der Waals surface area contributed by atoms with Gasteiger partial charge in [-0.15, -0.1) is 0 Å².